The fourth-order valence-corrected chi connectivity index (χ4v) is 4.72. The van der Waals surface area contributed by atoms with E-state index >= 15 is 0 Å². The Balaban J connectivity index is 1.53. The van der Waals surface area contributed by atoms with Crippen molar-refractivity contribution in [3.63, 3.8) is 0 Å². The van der Waals surface area contributed by atoms with E-state index < -0.39 is 78.6 Å². The molecule has 0 saturated carbocycles. The summed E-state index contributed by atoms with van der Waals surface area (Å²) in [6.45, 7) is 0.720. The molecule has 1 aromatic heterocycles. The summed E-state index contributed by atoms with van der Waals surface area (Å²) >= 11 is 0. The van der Waals surface area contributed by atoms with Crippen LogP contribution in [0.25, 0.3) is 0 Å². The van der Waals surface area contributed by atoms with Crippen molar-refractivity contribution >= 4 is 29.7 Å². The van der Waals surface area contributed by atoms with Gasteiger partial charge in [0.25, 0.3) is 5.56 Å². The van der Waals surface area contributed by atoms with Crippen LogP contribution in [0.2, 0.25) is 0 Å². The lowest BCUT2D eigenvalue weighted by Crippen LogP contribution is -2.44. The number of carbonyl (C=O) groups is 4. The second-order valence-electron chi connectivity index (χ2n) is 10.2. The van der Waals surface area contributed by atoms with Gasteiger partial charge in [-0.15, -0.1) is 5.10 Å². The SMILES string of the molecule is CCOC(=O)CNc1nn(C2OC(COC(=O)c3ccccc3)C(OC(=O)c3ccccc3)C2OC(=O)c2ccccc2)c(=O)[nH]c1=O. The molecule has 15 heteroatoms. The maximum atomic E-state index is 13.3. The number of carbonyl (C=O) groups excluding carboxylic acids is 4. The molecule has 48 heavy (non-hydrogen) atoms. The number of anilines is 1. The van der Waals surface area contributed by atoms with Crippen molar-refractivity contribution in [1.82, 2.24) is 14.8 Å². The molecule has 248 valence electrons. The third-order valence-corrected chi connectivity index (χ3v) is 6.98. The third kappa shape index (κ3) is 8.00. The van der Waals surface area contributed by atoms with Crippen molar-refractivity contribution in [2.75, 3.05) is 25.1 Å². The molecule has 1 fully saturated rings. The molecule has 0 radical (unpaired) electrons. The quantitative estimate of drug-likeness (QED) is 0.166. The van der Waals surface area contributed by atoms with Gasteiger partial charge >= 0.3 is 29.6 Å². The molecule has 2 N–H and O–H groups in total. The van der Waals surface area contributed by atoms with Crippen molar-refractivity contribution in [1.29, 1.82) is 0 Å². The summed E-state index contributed by atoms with van der Waals surface area (Å²) < 4.78 is 28.8. The monoisotopic (exact) mass is 658 g/mol. The number of H-pyrrole nitrogens is 1. The molecule has 0 bridgehead atoms. The highest BCUT2D eigenvalue weighted by Gasteiger charge is 2.52. The lowest BCUT2D eigenvalue weighted by Gasteiger charge is -2.24. The minimum atomic E-state index is -1.63. The molecule has 0 amide bonds. The Bertz CT molecular complexity index is 1860. The summed E-state index contributed by atoms with van der Waals surface area (Å²) in [4.78, 5) is 79.2. The van der Waals surface area contributed by atoms with Crippen LogP contribution in [0.1, 0.15) is 44.2 Å². The number of ether oxygens (including phenoxy) is 5. The number of aromatic amines is 1. The van der Waals surface area contributed by atoms with Gasteiger partial charge in [-0.25, -0.2) is 19.2 Å². The van der Waals surface area contributed by atoms with Gasteiger partial charge in [-0.05, 0) is 43.3 Å². The number of hydrogen-bond acceptors (Lipinski definition) is 13. The fraction of sp³-hybridized carbons (Fsp3) is 0.242. The number of nitrogens with one attached hydrogen (secondary N) is 2. The van der Waals surface area contributed by atoms with Crippen LogP contribution in [0.3, 0.4) is 0 Å². The Kier molecular flexibility index (Phi) is 10.7. The predicted molar refractivity (Wildman–Crippen MR) is 166 cm³/mol. The maximum absolute atomic E-state index is 13.3. The van der Waals surface area contributed by atoms with Crippen LogP contribution >= 0.6 is 0 Å². The first kappa shape index (κ1) is 33.3. The zero-order chi connectivity index (χ0) is 34.0. The van der Waals surface area contributed by atoms with Gasteiger partial charge in [-0.1, -0.05) is 54.6 Å². The van der Waals surface area contributed by atoms with E-state index in [1.54, 1.807) is 61.5 Å². The van der Waals surface area contributed by atoms with E-state index in [0.717, 1.165) is 0 Å². The molecular formula is C33H30N4O11. The Morgan fingerprint density at radius 3 is 1.83 bits per heavy atom. The van der Waals surface area contributed by atoms with Crippen molar-refractivity contribution in [2.45, 2.75) is 31.5 Å². The van der Waals surface area contributed by atoms with Gasteiger partial charge in [0.2, 0.25) is 5.82 Å². The fourth-order valence-electron chi connectivity index (χ4n) is 4.72. The Hall–Kier alpha value is -6.09. The molecule has 5 rings (SSSR count). The second-order valence-corrected chi connectivity index (χ2v) is 10.2. The first-order chi connectivity index (χ1) is 23.2. The van der Waals surface area contributed by atoms with Crippen LogP contribution in [0.5, 0.6) is 0 Å². The maximum Gasteiger partial charge on any atom is 0.347 e. The number of rotatable bonds is 12. The summed E-state index contributed by atoms with van der Waals surface area (Å²) in [6, 6.07) is 23.9. The average molecular weight is 659 g/mol. The minimum absolute atomic E-state index is 0.0908. The van der Waals surface area contributed by atoms with Gasteiger partial charge in [0.15, 0.2) is 18.4 Å². The van der Waals surface area contributed by atoms with Gasteiger partial charge in [-0.3, -0.25) is 14.6 Å². The Labute approximate surface area is 272 Å². The minimum Gasteiger partial charge on any atom is -0.465 e. The topological polar surface area (TPSA) is 194 Å². The van der Waals surface area contributed by atoms with E-state index in [-0.39, 0.29) is 23.3 Å². The molecule has 0 aliphatic carbocycles. The summed E-state index contributed by atoms with van der Waals surface area (Å²) in [5.74, 6) is -3.58. The molecule has 1 saturated heterocycles. The van der Waals surface area contributed by atoms with E-state index in [9.17, 15) is 28.8 Å². The number of esters is 4. The van der Waals surface area contributed by atoms with Crippen LogP contribution in [0, 0.1) is 0 Å². The molecular weight excluding hydrogens is 628 g/mol. The molecule has 4 unspecified atom stereocenters. The second kappa shape index (κ2) is 15.5. The van der Waals surface area contributed by atoms with E-state index in [4.69, 9.17) is 23.7 Å². The molecule has 4 aromatic rings. The van der Waals surface area contributed by atoms with Crippen LogP contribution in [-0.4, -0.2) is 76.7 Å². The summed E-state index contributed by atoms with van der Waals surface area (Å²) in [5.41, 5.74) is -1.53. The van der Waals surface area contributed by atoms with E-state index in [0.29, 0.717) is 4.68 Å². The Morgan fingerprint density at radius 1 is 0.771 bits per heavy atom. The zero-order valence-corrected chi connectivity index (χ0v) is 25.5. The van der Waals surface area contributed by atoms with Crippen LogP contribution in [0.15, 0.2) is 101 Å². The predicted octanol–water partition coefficient (Wildman–Crippen LogP) is 2.11. The highest BCUT2D eigenvalue weighted by Crippen LogP contribution is 2.34. The first-order valence-corrected chi connectivity index (χ1v) is 14.8. The van der Waals surface area contributed by atoms with Crippen molar-refractivity contribution in [2.24, 2.45) is 0 Å². The van der Waals surface area contributed by atoms with Gasteiger partial charge in [-0.2, -0.15) is 4.68 Å². The molecule has 0 spiro atoms. The van der Waals surface area contributed by atoms with Crippen molar-refractivity contribution < 1.29 is 42.9 Å². The molecule has 2 heterocycles. The molecule has 15 nitrogen and oxygen atoms in total. The first-order valence-electron chi connectivity index (χ1n) is 14.8. The summed E-state index contributed by atoms with van der Waals surface area (Å²) in [6.07, 6.45) is -5.96. The van der Waals surface area contributed by atoms with Crippen molar-refractivity contribution in [3.05, 3.63) is 129 Å². The third-order valence-electron chi connectivity index (χ3n) is 6.98. The van der Waals surface area contributed by atoms with Crippen molar-refractivity contribution in [3.8, 4) is 0 Å². The number of benzene rings is 3. The van der Waals surface area contributed by atoms with Crippen LogP contribution in [-0.2, 0) is 28.5 Å². The smallest absolute Gasteiger partial charge is 0.347 e. The summed E-state index contributed by atoms with van der Waals surface area (Å²) in [7, 11) is 0. The zero-order valence-electron chi connectivity index (χ0n) is 25.5. The molecule has 4 atom stereocenters. The normalized spacial score (nSPS) is 18.4. The van der Waals surface area contributed by atoms with E-state index in [1.807, 2.05) is 0 Å². The van der Waals surface area contributed by atoms with Crippen LogP contribution < -0.4 is 16.6 Å². The van der Waals surface area contributed by atoms with E-state index in [2.05, 4.69) is 15.4 Å². The number of nitrogens with zero attached hydrogens (tertiary/aromatic N) is 2. The Morgan fingerprint density at radius 2 is 1.29 bits per heavy atom. The lowest BCUT2D eigenvalue weighted by atomic mass is 10.1. The van der Waals surface area contributed by atoms with E-state index in [1.165, 1.54) is 36.4 Å². The molecule has 3 aromatic carbocycles. The molecule has 1 aliphatic heterocycles. The molecule has 1 aliphatic rings. The van der Waals surface area contributed by atoms with Crippen LogP contribution in [0.4, 0.5) is 5.82 Å². The summed E-state index contributed by atoms with van der Waals surface area (Å²) in [5, 5.41) is 6.54. The lowest BCUT2D eigenvalue weighted by molar-refractivity contribution is -0.140. The van der Waals surface area contributed by atoms with Gasteiger partial charge in [0.1, 0.15) is 19.3 Å². The largest absolute Gasteiger partial charge is 0.465 e. The average Bonchev–Trinajstić information content (AvgIpc) is 3.43. The standard InChI is InChI=1S/C33H30N4O11/c1-2-44-24(38)18-34-27-28(39)35-33(43)37(36-27)29-26(48-32(42)22-16-10-5-11-17-22)25(47-31(41)21-14-8-4-9-15-21)23(46-29)19-45-30(40)20-12-6-3-7-13-20/h3-17,23,25-26,29H,2,18-19H2,1H3,(H,34,36)(H,35,39,43). The van der Waals surface area contributed by atoms with Gasteiger partial charge < -0.3 is 29.0 Å². The number of aromatic nitrogens is 3. The van der Waals surface area contributed by atoms with Gasteiger partial charge in [0, 0.05) is 0 Å². The van der Waals surface area contributed by atoms with Gasteiger partial charge in [0.05, 0.1) is 23.3 Å². The number of hydrogen-bond donors (Lipinski definition) is 2. The highest BCUT2D eigenvalue weighted by molar-refractivity contribution is 5.91. The highest BCUT2D eigenvalue weighted by atomic mass is 16.7.